The maximum absolute atomic E-state index is 12.0. The summed E-state index contributed by atoms with van der Waals surface area (Å²) in [6, 6.07) is 9.80. The first-order chi connectivity index (χ1) is 12.6. The van der Waals surface area contributed by atoms with Crippen molar-refractivity contribution in [2.45, 2.75) is 43.7 Å². The molecule has 26 heavy (non-hydrogen) atoms. The Bertz CT molecular complexity index is 570. The summed E-state index contributed by atoms with van der Waals surface area (Å²) in [4.78, 5) is 12.0. The third kappa shape index (κ3) is 5.00. The number of amides is 1. The fourth-order valence-electron chi connectivity index (χ4n) is 3.08. The highest BCUT2D eigenvalue weighted by Gasteiger charge is 2.46. The van der Waals surface area contributed by atoms with Gasteiger partial charge in [-0.25, -0.2) is 0 Å². The molecule has 0 aliphatic carbocycles. The summed E-state index contributed by atoms with van der Waals surface area (Å²) in [5.41, 5.74) is 1.10. The fraction of sp³-hybridized carbons (Fsp3) is 0.611. The molecule has 5 unspecified atom stereocenters. The van der Waals surface area contributed by atoms with Gasteiger partial charge in [0.1, 0.15) is 24.4 Å². The van der Waals surface area contributed by atoms with Crippen LogP contribution in [-0.2, 0) is 25.5 Å². The third-order valence-corrected chi connectivity index (χ3v) is 4.48. The summed E-state index contributed by atoms with van der Waals surface area (Å²) < 4.78 is 16.8. The standard InChI is InChI=1S/C18H26N2O6/c21-14(11-19-9-12-5-2-1-3-6-12)20-10-13-17-15(22)16(23)18(26-13)25-8-4-7-24-17/h1-3,5-6,13,15-19,22-23H,4,7-11H2,(H,20,21). The van der Waals surface area contributed by atoms with Crippen molar-refractivity contribution in [3.8, 4) is 0 Å². The number of aliphatic hydroxyl groups is 2. The zero-order valence-electron chi connectivity index (χ0n) is 14.5. The van der Waals surface area contributed by atoms with Crippen LogP contribution in [0.2, 0.25) is 0 Å². The van der Waals surface area contributed by atoms with Crippen LogP contribution in [0.5, 0.6) is 0 Å². The monoisotopic (exact) mass is 366 g/mol. The van der Waals surface area contributed by atoms with Crippen molar-refractivity contribution >= 4 is 5.91 Å². The highest BCUT2D eigenvalue weighted by molar-refractivity contribution is 5.78. The van der Waals surface area contributed by atoms with Crippen LogP contribution in [0.15, 0.2) is 30.3 Å². The molecule has 4 rings (SSSR count). The van der Waals surface area contributed by atoms with Gasteiger partial charge in [-0.2, -0.15) is 0 Å². The van der Waals surface area contributed by atoms with Crippen molar-refractivity contribution in [3.63, 3.8) is 0 Å². The van der Waals surface area contributed by atoms with Gasteiger partial charge < -0.3 is 35.1 Å². The highest BCUT2D eigenvalue weighted by atomic mass is 16.7. The SMILES string of the molecule is O=C(CNCc1ccccc1)NCC1OC2OCCCOC1C(O)C2O. The number of aliphatic hydroxyl groups excluding tert-OH is 2. The van der Waals surface area contributed by atoms with Gasteiger partial charge in [0, 0.05) is 19.7 Å². The van der Waals surface area contributed by atoms with Crippen LogP contribution in [0.1, 0.15) is 12.0 Å². The van der Waals surface area contributed by atoms with E-state index in [0.717, 1.165) is 5.56 Å². The minimum Gasteiger partial charge on any atom is -0.387 e. The molecule has 0 aromatic heterocycles. The zero-order valence-corrected chi connectivity index (χ0v) is 14.5. The molecular formula is C18H26N2O6. The quantitative estimate of drug-likeness (QED) is 0.519. The van der Waals surface area contributed by atoms with E-state index in [4.69, 9.17) is 14.2 Å². The van der Waals surface area contributed by atoms with E-state index < -0.39 is 30.7 Å². The molecule has 0 radical (unpaired) electrons. The minimum atomic E-state index is -1.17. The second kappa shape index (κ2) is 9.40. The summed E-state index contributed by atoms with van der Waals surface area (Å²) in [6.07, 6.45) is -3.85. The van der Waals surface area contributed by atoms with Crippen LogP contribution in [0, 0.1) is 0 Å². The topological polar surface area (TPSA) is 109 Å². The number of nitrogens with one attached hydrogen (secondary N) is 2. The van der Waals surface area contributed by atoms with Gasteiger partial charge in [0.25, 0.3) is 0 Å². The average molecular weight is 366 g/mol. The molecule has 1 aromatic carbocycles. The van der Waals surface area contributed by atoms with Gasteiger partial charge in [-0.15, -0.1) is 0 Å². The van der Waals surface area contributed by atoms with Gasteiger partial charge in [-0.05, 0) is 12.0 Å². The smallest absolute Gasteiger partial charge is 0.234 e. The number of benzene rings is 1. The molecule has 3 aliphatic rings. The van der Waals surface area contributed by atoms with E-state index in [2.05, 4.69) is 10.6 Å². The minimum absolute atomic E-state index is 0.165. The van der Waals surface area contributed by atoms with Gasteiger partial charge in [0.05, 0.1) is 13.2 Å². The van der Waals surface area contributed by atoms with E-state index in [-0.39, 0.29) is 19.0 Å². The molecule has 144 valence electrons. The number of hydrogen-bond donors (Lipinski definition) is 4. The first-order valence-corrected chi connectivity index (χ1v) is 8.91. The van der Waals surface area contributed by atoms with E-state index in [0.29, 0.717) is 26.2 Å². The number of carbonyl (C=O) groups excluding carboxylic acids is 1. The van der Waals surface area contributed by atoms with Gasteiger partial charge in [0.15, 0.2) is 6.29 Å². The van der Waals surface area contributed by atoms with Crippen LogP contribution < -0.4 is 10.6 Å². The van der Waals surface area contributed by atoms with Crippen LogP contribution >= 0.6 is 0 Å². The Balaban J connectivity index is 1.46. The second-order valence-electron chi connectivity index (χ2n) is 6.48. The summed E-state index contributed by atoms with van der Waals surface area (Å²) in [5, 5.41) is 26.1. The van der Waals surface area contributed by atoms with Crippen molar-refractivity contribution in [2.24, 2.45) is 0 Å². The molecule has 3 heterocycles. The summed E-state index contributed by atoms with van der Waals surface area (Å²) in [5.74, 6) is -0.184. The summed E-state index contributed by atoms with van der Waals surface area (Å²) in [7, 11) is 0. The molecule has 1 amide bonds. The number of fused-ring (bicyclic) bond motifs is 6. The Morgan fingerprint density at radius 3 is 2.69 bits per heavy atom. The van der Waals surface area contributed by atoms with Crippen molar-refractivity contribution in [3.05, 3.63) is 35.9 Å². The molecule has 2 bridgehead atoms. The molecule has 0 spiro atoms. The highest BCUT2D eigenvalue weighted by Crippen LogP contribution is 2.25. The largest absolute Gasteiger partial charge is 0.387 e. The maximum atomic E-state index is 12.0. The number of ether oxygens (including phenoxy) is 3. The molecular weight excluding hydrogens is 340 g/mol. The van der Waals surface area contributed by atoms with Crippen molar-refractivity contribution in [2.75, 3.05) is 26.3 Å². The number of rotatable bonds is 6. The lowest BCUT2D eigenvalue weighted by Gasteiger charge is -2.41. The fourth-order valence-corrected chi connectivity index (χ4v) is 3.08. The molecule has 0 saturated carbocycles. The zero-order chi connectivity index (χ0) is 18.4. The third-order valence-electron chi connectivity index (χ3n) is 4.48. The lowest BCUT2D eigenvalue weighted by molar-refractivity contribution is -0.292. The summed E-state index contributed by atoms with van der Waals surface area (Å²) >= 11 is 0. The van der Waals surface area contributed by atoms with Crippen LogP contribution in [0.3, 0.4) is 0 Å². The first-order valence-electron chi connectivity index (χ1n) is 8.91. The number of hydrogen-bond acceptors (Lipinski definition) is 7. The van der Waals surface area contributed by atoms with Gasteiger partial charge in [-0.1, -0.05) is 30.3 Å². The molecule has 5 atom stereocenters. The lowest BCUT2D eigenvalue weighted by Crippen LogP contribution is -2.61. The van der Waals surface area contributed by atoms with Gasteiger partial charge >= 0.3 is 0 Å². The Morgan fingerprint density at radius 2 is 1.88 bits per heavy atom. The number of carbonyl (C=O) groups is 1. The maximum Gasteiger partial charge on any atom is 0.234 e. The molecule has 8 nitrogen and oxygen atoms in total. The molecule has 8 heteroatoms. The predicted molar refractivity (Wildman–Crippen MR) is 92.1 cm³/mol. The van der Waals surface area contributed by atoms with Crippen molar-refractivity contribution < 1.29 is 29.2 Å². The predicted octanol–water partition coefficient (Wildman–Crippen LogP) is -0.855. The van der Waals surface area contributed by atoms with E-state index in [1.54, 1.807) is 0 Å². The Labute approximate surface area is 152 Å². The second-order valence-corrected chi connectivity index (χ2v) is 6.48. The molecule has 4 N–H and O–H groups in total. The normalized spacial score (nSPS) is 31.7. The summed E-state index contributed by atoms with van der Waals surface area (Å²) in [6.45, 7) is 1.70. The van der Waals surface area contributed by atoms with Crippen LogP contribution in [0.4, 0.5) is 0 Å². The van der Waals surface area contributed by atoms with Crippen molar-refractivity contribution in [1.82, 2.24) is 10.6 Å². The van der Waals surface area contributed by atoms with E-state index in [1.807, 2.05) is 30.3 Å². The molecule has 3 saturated heterocycles. The van der Waals surface area contributed by atoms with Crippen molar-refractivity contribution in [1.29, 1.82) is 0 Å². The van der Waals surface area contributed by atoms with E-state index >= 15 is 0 Å². The van der Waals surface area contributed by atoms with Crippen LogP contribution in [0.25, 0.3) is 0 Å². The average Bonchev–Trinajstić information content (AvgIpc) is 2.79. The Morgan fingerprint density at radius 1 is 1.12 bits per heavy atom. The molecule has 1 aromatic rings. The van der Waals surface area contributed by atoms with E-state index in [9.17, 15) is 15.0 Å². The van der Waals surface area contributed by atoms with Gasteiger partial charge in [-0.3, -0.25) is 4.79 Å². The van der Waals surface area contributed by atoms with Gasteiger partial charge in [0.2, 0.25) is 5.91 Å². The van der Waals surface area contributed by atoms with Crippen LogP contribution in [-0.4, -0.2) is 73.1 Å². The molecule has 3 aliphatic heterocycles. The first kappa shape index (κ1) is 19.2. The Kier molecular flexibility index (Phi) is 6.95. The van der Waals surface area contributed by atoms with E-state index in [1.165, 1.54) is 0 Å². The molecule has 3 fully saturated rings. The lowest BCUT2D eigenvalue weighted by atomic mass is 9.98. The Hall–Kier alpha value is -1.55.